The summed E-state index contributed by atoms with van der Waals surface area (Å²) in [5, 5.41) is 8.08. The summed E-state index contributed by atoms with van der Waals surface area (Å²) in [5.74, 6) is -0.617. The molecule has 0 saturated carbocycles. The van der Waals surface area contributed by atoms with Gasteiger partial charge in [0.25, 0.3) is 11.8 Å². The monoisotopic (exact) mass is 366 g/mol. The minimum Gasteiger partial charge on any atom is -0.496 e. The van der Waals surface area contributed by atoms with Crippen molar-refractivity contribution >= 4 is 28.4 Å². The molecule has 0 aliphatic heterocycles. The first-order chi connectivity index (χ1) is 13.0. The third-order valence-electron chi connectivity index (χ3n) is 4.32. The van der Waals surface area contributed by atoms with Crippen molar-refractivity contribution < 1.29 is 14.3 Å². The van der Waals surface area contributed by atoms with Gasteiger partial charge in [-0.3, -0.25) is 14.3 Å². The quantitative estimate of drug-likeness (QED) is 0.671. The molecule has 0 aliphatic carbocycles. The highest BCUT2D eigenvalue weighted by Crippen LogP contribution is 2.24. The fourth-order valence-electron chi connectivity index (χ4n) is 2.94. The third-order valence-corrected chi connectivity index (χ3v) is 4.32. The Bertz CT molecular complexity index is 994. The zero-order valence-electron chi connectivity index (χ0n) is 15.4. The molecule has 3 rings (SSSR count). The Hall–Kier alpha value is -3.35. The molecule has 0 bridgehead atoms. The van der Waals surface area contributed by atoms with Crippen molar-refractivity contribution in [2.75, 3.05) is 12.4 Å². The van der Waals surface area contributed by atoms with Gasteiger partial charge in [-0.15, -0.1) is 0 Å². The van der Waals surface area contributed by atoms with Gasteiger partial charge in [0.15, 0.2) is 5.69 Å². The van der Waals surface area contributed by atoms with Gasteiger partial charge in [0.1, 0.15) is 5.75 Å². The number of nitrogens with two attached hydrogens (primary N) is 1. The molecule has 0 unspecified atom stereocenters. The highest BCUT2D eigenvalue weighted by Gasteiger charge is 2.18. The van der Waals surface area contributed by atoms with E-state index >= 15 is 0 Å². The smallest absolute Gasteiger partial charge is 0.276 e. The number of hydrogen-bond acceptors (Lipinski definition) is 4. The van der Waals surface area contributed by atoms with Crippen LogP contribution < -0.4 is 15.8 Å². The van der Waals surface area contributed by atoms with E-state index in [-0.39, 0.29) is 11.5 Å². The van der Waals surface area contributed by atoms with Gasteiger partial charge in [0, 0.05) is 17.6 Å². The van der Waals surface area contributed by atoms with Crippen LogP contribution in [0.15, 0.2) is 42.5 Å². The number of benzene rings is 2. The maximum absolute atomic E-state index is 12.8. The number of aromatic nitrogens is 2. The molecular weight excluding hydrogens is 344 g/mol. The van der Waals surface area contributed by atoms with Gasteiger partial charge in [-0.1, -0.05) is 31.5 Å². The highest BCUT2D eigenvalue weighted by atomic mass is 16.5. The third kappa shape index (κ3) is 3.76. The van der Waals surface area contributed by atoms with Gasteiger partial charge in [0.05, 0.1) is 18.2 Å². The number of carbonyl (C=O) groups excluding carboxylic acids is 2. The minimum atomic E-state index is -0.628. The first-order valence-electron chi connectivity index (χ1n) is 8.80. The van der Waals surface area contributed by atoms with Crippen LogP contribution >= 0.6 is 0 Å². The number of methoxy groups -OCH3 is 1. The Kier molecular flexibility index (Phi) is 5.40. The van der Waals surface area contributed by atoms with E-state index in [4.69, 9.17) is 10.5 Å². The summed E-state index contributed by atoms with van der Waals surface area (Å²) in [5.41, 5.74) is 7.29. The molecule has 3 aromatic rings. The van der Waals surface area contributed by atoms with E-state index in [2.05, 4.69) is 17.3 Å². The molecule has 3 N–H and O–H groups in total. The normalized spacial score (nSPS) is 10.7. The molecule has 7 heteroatoms. The summed E-state index contributed by atoms with van der Waals surface area (Å²) in [6, 6.07) is 12.4. The second-order valence-electron chi connectivity index (χ2n) is 6.18. The van der Waals surface area contributed by atoms with E-state index in [1.54, 1.807) is 12.1 Å². The lowest BCUT2D eigenvalue weighted by Crippen LogP contribution is -2.16. The van der Waals surface area contributed by atoms with Crippen LogP contribution in [-0.2, 0) is 6.54 Å². The lowest BCUT2D eigenvalue weighted by molar-refractivity contribution is 0.0993. The van der Waals surface area contributed by atoms with Crippen molar-refractivity contribution in [2.24, 2.45) is 5.73 Å². The SMILES string of the molecule is CCCCn1nc(C(=O)Nc2ccc(OC)c(C(N)=O)c2)c2ccccc21. The molecule has 7 nitrogen and oxygen atoms in total. The van der Waals surface area contributed by atoms with Gasteiger partial charge >= 0.3 is 0 Å². The number of anilines is 1. The largest absolute Gasteiger partial charge is 0.496 e. The number of aryl methyl sites for hydroxylation is 1. The predicted molar refractivity (Wildman–Crippen MR) is 104 cm³/mol. The number of unbranched alkanes of at least 4 members (excludes halogenated alkanes) is 1. The number of nitrogens with zero attached hydrogens (tertiary/aromatic N) is 2. The summed E-state index contributed by atoms with van der Waals surface area (Å²) in [6.45, 7) is 2.86. The number of rotatable bonds is 7. The lowest BCUT2D eigenvalue weighted by Gasteiger charge is -2.09. The van der Waals surface area contributed by atoms with Crippen LogP contribution in [0.25, 0.3) is 10.9 Å². The van der Waals surface area contributed by atoms with Crippen LogP contribution in [0.4, 0.5) is 5.69 Å². The number of hydrogen-bond donors (Lipinski definition) is 2. The first-order valence-corrected chi connectivity index (χ1v) is 8.80. The molecule has 0 radical (unpaired) electrons. The average molecular weight is 366 g/mol. The van der Waals surface area contributed by atoms with Crippen LogP contribution in [0.3, 0.4) is 0 Å². The Morgan fingerprint density at radius 1 is 1.22 bits per heavy atom. The van der Waals surface area contributed by atoms with Crippen molar-refractivity contribution in [2.45, 2.75) is 26.3 Å². The molecule has 0 spiro atoms. The number of nitrogens with one attached hydrogen (secondary N) is 1. The maximum atomic E-state index is 12.8. The molecule has 0 aliphatic rings. The summed E-state index contributed by atoms with van der Waals surface area (Å²) >= 11 is 0. The molecule has 2 amide bonds. The molecule has 0 atom stereocenters. The Morgan fingerprint density at radius 3 is 2.70 bits per heavy atom. The zero-order chi connectivity index (χ0) is 19.4. The van der Waals surface area contributed by atoms with E-state index in [0.29, 0.717) is 17.1 Å². The maximum Gasteiger partial charge on any atom is 0.276 e. The zero-order valence-corrected chi connectivity index (χ0v) is 15.4. The second-order valence-corrected chi connectivity index (χ2v) is 6.18. The number of primary amides is 1. The van der Waals surface area contributed by atoms with Crippen molar-refractivity contribution in [3.05, 3.63) is 53.7 Å². The fraction of sp³-hybridized carbons (Fsp3) is 0.250. The summed E-state index contributed by atoms with van der Waals surface area (Å²) in [6.07, 6.45) is 2.02. The van der Waals surface area contributed by atoms with E-state index in [1.807, 2.05) is 28.9 Å². The number of carbonyl (C=O) groups is 2. The molecular formula is C20H22N4O3. The molecule has 1 aromatic heterocycles. The lowest BCUT2D eigenvalue weighted by atomic mass is 10.1. The molecule has 1 heterocycles. The molecule has 2 aromatic carbocycles. The summed E-state index contributed by atoms with van der Waals surface area (Å²) in [4.78, 5) is 24.4. The van der Waals surface area contributed by atoms with Crippen LogP contribution in [0.5, 0.6) is 5.75 Å². The molecule has 0 saturated heterocycles. The first kappa shape index (κ1) is 18.4. The Morgan fingerprint density at radius 2 is 2.00 bits per heavy atom. The van der Waals surface area contributed by atoms with Crippen molar-refractivity contribution in [1.82, 2.24) is 9.78 Å². The number of ether oxygens (including phenoxy) is 1. The van der Waals surface area contributed by atoms with Crippen molar-refractivity contribution in [1.29, 1.82) is 0 Å². The summed E-state index contributed by atoms with van der Waals surface area (Å²) < 4.78 is 6.98. The minimum absolute atomic E-state index is 0.202. The average Bonchev–Trinajstić information content (AvgIpc) is 3.05. The molecule has 27 heavy (non-hydrogen) atoms. The number of para-hydroxylation sites is 1. The Labute approximate surface area is 157 Å². The predicted octanol–water partition coefficient (Wildman–Crippen LogP) is 3.20. The standard InChI is InChI=1S/C20H22N4O3/c1-3-4-11-24-16-8-6-5-7-14(16)18(23-24)20(26)22-13-9-10-17(27-2)15(12-13)19(21)25/h5-10,12H,3-4,11H2,1-2H3,(H2,21,25)(H,22,26). The van der Waals surface area contributed by atoms with Crippen LogP contribution in [0.2, 0.25) is 0 Å². The van der Waals surface area contributed by atoms with Crippen LogP contribution in [0.1, 0.15) is 40.6 Å². The number of fused-ring (bicyclic) bond motifs is 1. The Balaban J connectivity index is 1.93. The second kappa shape index (κ2) is 7.90. The van der Waals surface area contributed by atoms with Crippen molar-refractivity contribution in [3.63, 3.8) is 0 Å². The van der Waals surface area contributed by atoms with Crippen molar-refractivity contribution in [3.8, 4) is 5.75 Å². The highest BCUT2D eigenvalue weighted by molar-refractivity contribution is 6.11. The number of amides is 2. The van der Waals surface area contributed by atoms with Gasteiger partial charge in [-0.05, 0) is 30.7 Å². The summed E-state index contributed by atoms with van der Waals surface area (Å²) in [7, 11) is 1.45. The van der Waals surface area contributed by atoms with Gasteiger partial charge in [0.2, 0.25) is 0 Å². The van der Waals surface area contributed by atoms with E-state index in [1.165, 1.54) is 13.2 Å². The van der Waals surface area contributed by atoms with E-state index in [0.717, 1.165) is 30.3 Å². The van der Waals surface area contributed by atoms with Crippen LogP contribution in [-0.4, -0.2) is 28.7 Å². The van der Waals surface area contributed by atoms with Gasteiger partial charge < -0.3 is 15.8 Å². The molecule has 140 valence electrons. The fourth-order valence-corrected chi connectivity index (χ4v) is 2.94. The van der Waals surface area contributed by atoms with Gasteiger partial charge in [-0.2, -0.15) is 5.10 Å². The van der Waals surface area contributed by atoms with Gasteiger partial charge in [-0.25, -0.2) is 0 Å². The van der Waals surface area contributed by atoms with E-state index < -0.39 is 5.91 Å². The molecule has 0 fully saturated rings. The van der Waals surface area contributed by atoms with Crippen LogP contribution in [0, 0.1) is 0 Å². The topological polar surface area (TPSA) is 99.2 Å². The van der Waals surface area contributed by atoms with E-state index in [9.17, 15) is 9.59 Å².